The van der Waals surface area contributed by atoms with Gasteiger partial charge in [-0.3, -0.25) is 9.58 Å². The molecule has 10 heteroatoms. The molecule has 0 bridgehead atoms. The number of nitrogens with zero attached hydrogens (tertiary/aromatic N) is 5. The third-order valence-corrected chi connectivity index (χ3v) is 8.17. The Kier molecular flexibility index (Phi) is 5.69. The molecule has 0 amide bonds. The summed E-state index contributed by atoms with van der Waals surface area (Å²) < 4.78 is 34.0. The molecular formula is C25H29ClF2N6O. The SMILES string of the molecule is Cc1c(Nc2ncc3cc(Cl)c(C4CCN([C@H]5COC[C@H]5C)CC4)cc3n2)cnn1C1CC1(F)F. The molecule has 2 aromatic heterocycles. The first kappa shape index (κ1) is 23.1. The van der Waals surface area contributed by atoms with Gasteiger partial charge >= 0.3 is 0 Å². The van der Waals surface area contributed by atoms with Crippen LogP contribution >= 0.6 is 11.6 Å². The molecule has 3 atom stereocenters. The van der Waals surface area contributed by atoms with Crippen LogP contribution in [0.5, 0.6) is 0 Å². The van der Waals surface area contributed by atoms with Crippen molar-refractivity contribution in [2.75, 3.05) is 31.6 Å². The number of likely N-dealkylation sites (tertiary alicyclic amines) is 1. The lowest BCUT2D eigenvalue weighted by atomic mass is 9.87. The van der Waals surface area contributed by atoms with Gasteiger partial charge in [-0.2, -0.15) is 5.10 Å². The van der Waals surface area contributed by atoms with E-state index in [0.717, 1.165) is 60.6 Å². The number of rotatable bonds is 5. The van der Waals surface area contributed by atoms with Crippen molar-refractivity contribution in [3.8, 4) is 0 Å². The number of hydrogen-bond donors (Lipinski definition) is 1. The summed E-state index contributed by atoms with van der Waals surface area (Å²) in [6.45, 7) is 7.80. The molecule has 1 aliphatic carbocycles. The second kappa shape index (κ2) is 8.64. The van der Waals surface area contributed by atoms with Gasteiger partial charge in [0.2, 0.25) is 5.95 Å². The van der Waals surface area contributed by atoms with Gasteiger partial charge in [0.05, 0.1) is 36.3 Å². The summed E-state index contributed by atoms with van der Waals surface area (Å²) in [5.41, 5.74) is 3.19. The number of benzene rings is 1. The zero-order valence-electron chi connectivity index (χ0n) is 19.8. The van der Waals surface area contributed by atoms with Crippen LogP contribution < -0.4 is 5.32 Å². The number of halogens is 3. The van der Waals surface area contributed by atoms with Crippen molar-refractivity contribution in [1.29, 1.82) is 0 Å². The molecule has 4 heterocycles. The molecule has 3 aromatic rings. The van der Waals surface area contributed by atoms with Crippen LogP contribution in [0.4, 0.5) is 20.4 Å². The monoisotopic (exact) mass is 502 g/mol. The van der Waals surface area contributed by atoms with E-state index in [2.05, 4.69) is 33.3 Å². The molecular weight excluding hydrogens is 474 g/mol. The van der Waals surface area contributed by atoms with E-state index in [4.69, 9.17) is 21.3 Å². The number of piperidine rings is 1. The summed E-state index contributed by atoms with van der Waals surface area (Å²) in [5.74, 6) is -1.31. The van der Waals surface area contributed by atoms with E-state index < -0.39 is 12.0 Å². The Morgan fingerprint density at radius 1 is 1.17 bits per heavy atom. The zero-order chi connectivity index (χ0) is 24.3. The Hall–Kier alpha value is -2.36. The summed E-state index contributed by atoms with van der Waals surface area (Å²) in [4.78, 5) is 11.7. The lowest BCUT2D eigenvalue weighted by molar-refractivity contribution is 0.0979. The molecule has 3 aliphatic rings. The van der Waals surface area contributed by atoms with Crippen molar-refractivity contribution in [3.63, 3.8) is 0 Å². The summed E-state index contributed by atoms with van der Waals surface area (Å²) in [6, 6.07) is 3.67. The van der Waals surface area contributed by atoms with Gasteiger partial charge in [0.1, 0.15) is 6.04 Å². The maximum absolute atomic E-state index is 13.5. The summed E-state index contributed by atoms with van der Waals surface area (Å²) in [6.07, 6.45) is 5.22. The highest BCUT2D eigenvalue weighted by Crippen LogP contribution is 2.53. The fraction of sp³-hybridized carbons (Fsp3) is 0.560. The Labute approximate surface area is 207 Å². The first-order chi connectivity index (χ1) is 16.8. The fourth-order valence-corrected chi connectivity index (χ4v) is 5.87. The van der Waals surface area contributed by atoms with Crippen LogP contribution in [-0.4, -0.2) is 62.9 Å². The second-order valence-corrected chi connectivity index (χ2v) is 10.6. The minimum absolute atomic E-state index is 0.169. The van der Waals surface area contributed by atoms with E-state index in [0.29, 0.717) is 35.2 Å². The molecule has 1 N–H and O–H groups in total. The van der Waals surface area contributed by atoms with Gasteiger partial charge in [0, 0.05) is 29.1 Å². The predicted octanol–water partition coefficient (Wildman–Crippen LogP) is 5.33. The van der Waals surface area contributed by atoms with Gasteiger partial charge in [0.15, 0.2) is 0 Å². The topological polar surface area (TPSA) is 68.1 Å². The normalized spacial score (nSPS) is 26.9. The van der Waals surface area contributed by atoms with Crippen molar-refractivity contribution < 1.29 is 13.5 Å². The third-order valence-electron chi connectivity index (χ3n) is 7.84. The Balaban J connectivity index is 1.19. The molecule has 1 aromatic carbocycles. The Morgan fingerprint density at radius 3 is 2.63 bits per heavy atom. The molecule has 2 saturated heterocycles. The molecule has 6 rings (SSSR count). The van der Waals surface area contributed by atoms with E-state index in [9.17, 15) is 8.78 Å². The number of nitrogens with one attached hydrogen (secondary N) is 1. The van der Waals surface area contributed by atoms with Gasteiger partial charge in [-0.05, 0) is 62.4 Å². The maximum Gasteiger partial charge on any atom is 0.272 e. The van der Waals surface area contributed by atoms with E-state index in [-0.39, 0.29) is 6.42 Å². The highest BCUT2D eigenvalue weighted by atomic mass is 35.5. The van der Waals surface area contributed by atoms with Crippen LogP contribution in [0.1, 0.15) is 49.4 Å². The number of fused-ring (bicyclic) bond motifs is 1. The van der Waals surface area contributed by atoms with Gasteiger partial charge in [-0.25, -0.2) is 18.7 Å². The summed E-state index contributed by atoms with van der Waals surface area (Å²) >= 11 is 6.70. The second-order valence-electron chi connectivity index (χ2n) is 10.2. The predicted molar refractivity (Wildman–Crippen MR) is 131 cm³/mol. The lowest BCUT2D eigenvalue weighted by Gasteiger charge is -2.37. The summed E-state index contributed by atoms with van der Waals surface area (Å²) in [5, 5.41) is 8.91. The van der Waals surface area contributed by atoms with Crippen molar-refractivity contribution >= 4 is 34.1 Å². The van der Waals surface area contributed by atoms with Crippen LogP contribution in [0.2, 0.25) is 5.02 Å². The number of aromatic nitrogens is 4. The lowest BCUT2D eigenvalue weighted by Crippen LogP contribution is -2.44. The molecule has 3 fully saturated rings. The molecule has 35 heavy (non-hydrogen) atoms. The maximum atomic E-state index is 13.5. The molecule has 0 radical (unpaired) electrons. The molecule has 0 spiro atoms. The van der Waals surface area contributed by atoms with Crippen molar-refractivity contribution in [2.24, 2.45) is 5.92 Å². The Bertz CT molecular complexity index is 1260. The number of hydrogen-bond acceptors (Lipinski definition) is 6. The third kappa shape index (κ3) is 4.27. The van der Waals surface area contributed by atoms with Crippen LogP contribution in [0.3, 0.4) is 0 Å². The number of ether oxygens (including phenoxy) is 1. The van der Waals surface area contributed by atoms with E-state index >= 15 is 0 Å². The van der Waals surface area contributed by atoms with Gasteiger partial charge < -0.3 is 10.1 Å². The van der Waals surface area contributed by atoms with Crippen molar-refractivity contribution in [3.05, 3.63) is 40.8 Å². The molecule has 7 nitrogen and oxygen atoms in total. The van der Waals surface area contributed by atoms with E-state index in [1.807, 2.05) is 6.07 Å². The minimum Gasteiger partial charge on any atom is -0.379 e. The first-order valence-electron chi connectivity index (χ1n) is 12.3. The van der Waals surface area contributed by atoms with Crippen LogP contribution in [0.15, 0.2) is 24.5 Å². The van der Waals surface area contributed by atoms with Crippen LogP contribution in [-0.2, 0) is 4.74 Å². The Morgan fingerprint density at radius 2 is 1.94 bits per heavy atom. The van der Waals surface area contributed by atoms with Gasteiger partial charge in [-0.1, -0.05) is 18.5 Å². The van der Waals surface area contributed by atoms with Gasteiger partial charge in [-0.15, -0.1) is 0 Å². The largest absolute Gasteiger partial charge is 0.379 e. The summed E-state index contributed by atoms with van der Waals surface area (Å²) in [7, 11) is 0. The smallest absolute Gasteiger partial charge is 0.272 e. The standard InChI is InChI=1S/C25H29ClF2N6O/c1-14-12-35-13-22(14)33-5-3-16(4-6-33)18-8-20-17(7-19(18)26)10-29-24(31-20)32-21-11-30-34(15(21)2)23-9-25(23,27)28/h7-8,10-11,14,16,22-23H,3-6,9,12-13H2,1-2H3,(H,29,31,32)/t14-,22+,23?/m1/s1. The average molecular weight is 503 g/mol. The van der Waals surface area contributed by atoms with Crippen molar-refractivity contribution in [1.82, 2.24) is 24.6 Å². The number of anilines is 2. The molecule has 1 unspecified atom stereocenters. The average Bonchev–Trinajstić information content (AvgIpc) is 3.11. The highest BCUT2D eigenvalue weighted by Gasteiger charge is 2.59. The van der Waals surface area contributed by atoms with E-state index in [1.54, 1.807) is 19.3 Å². The van der Waals surface area contributed by atoms with Crippen LogP contribution in [0.25, 0.3) is 10.9 Å². The van der Waals surface area contributed by atoms with Crippen molar-refractivity contribution in [2.45, 2.75) is 57.0 Å². The molecule has 1 saturated carbocycles. The van der Waals surface area contributed by atoms with Crippen LogP contribution in [0, 0.1) is 12.8 Å². The fourth-order valence-electron chi connectivity index (χ4n) is 5.54. The number of alkyl halides is 2. The van der Waals surface area contributed by atoms with E-state index in [1.165, 1.54) is 4.68 Å². The first-order valence-corrected chi connectivity index (χ1v) is 12.6. The molecule has 186 valence electrons. The minimum atomic E-state index is -2.68. The zero-order valence-corrected chi connectivity index (χ0v) is 20.6. The highest BCUT2D eigenvalue weighted by molar-refractivity contribution is 6.32. The molecule has 2 aliphatic heterocycles. The quantitative estimate of drug-likeness (QED) is 0.509. The van der Waals surface area contributed by atoms with Gasteiger partial charge in [0.25, 0.3) is 5.92 Å².